The Morgan fingerprint density at radius 3 is 2.71 bits per heavy atom. The predicted octanol–water partition coefficient (Wildman–Crippen LogP) is 3.78. The summed E-state index contributed by atoms with van der Waals surface area (Å²) in [7, 11) is 0. The van der Waals surface area contributed by atoms with E-state index < -0.39 is 0 Å². The first kappa shape index (κ1) is 18.4. The molecule has 0 bridgehead atoms. The fraction of sp³-hybridized carbons (Fsp3) is 0.348. The second-order valence-electron chi connectivity index (χ2n) is 8.37. The predicted molar refractivity (Wildman–Crippen MR) is 114 cm³/mol. The minimum Gasteiger partial charge on any atom is -0.350 e. The molecule has 1 aliphatic carbocycles. The van der Waals surface area contributed by atoms with Crippen LogP contribution in [0.5, 0.6) is 0 Å². The van der Waals surface area contributed by atoms with Crippen molar-refractivity contribution in [3.63, 3.8) is 0 Å². The van der Waals surface area contributed by atoms with E-state index >= 15 is 0 Å². The van der Waals surface area contributed by atoms with Crippen LogP contribution < -0.4 is 4.90 Å². The van der Waals surface area contributed by atoms with Crippen molar-refractivity contribution >= 4 is 11.3 Å². The standard InChI is InChI=1S/C23H22FN7/c1-13-17-11-30(10-9-19(17)29-22(27-13)15-7-8-15)23-21-20(16-5-3-4-6-18(16)24)28-14(2)31(21)26-12-25-23/h3-6,12,15H,7-11H2,1-2H3. The van der Waals surface area contributed by atoms with E-state index in [0.717, 1.165) is 47.1 Å². The number of benzene rings is 1. The molecule has 0 radical (unpaired) electrons. The van der Waals surface area contributed by atoms with Crippen molar-refractivity contribution in [2.75, 3.05) is 11.4 Å². The Kier molecular flexibility index (Phi) is 4.03. The van der Waals surface area contributed by atoms with Crippen molar-refractivity contribution in [1.82, 2.24) is 29.5 Å². The summed E-state index contributed by atoms with van der Waals surface area (Å²) >= 11 is 0. The molecule has 156 valence electrons. The minimum absolute atomic E-state index is 0.307. The maximum Gasteiger partial charge on any atom is 0.159 e. The Labute approximate surface area is 179 Å². The first-order valence-corrected chi connectivity index (χ1v) is 10.7. The number of imidazole rings is 1. The Hall–Kier alpha value is -3.42. The SMILES string of the molecule is Cc1nc(C2CC2)nc2c1CN(c1ncnn3c(C)nc(-c4ccccc4F)c13)CC2. The highest BCUT2D eigenvalue weighted by Crippen LogP contribution is 2.39. The van der Waals surface area contributed by atoms with E-state index in [2.05, 4.69) is 26.9 Å². The zero-order chi connectivity index (χ0) is 21.1. The van der Waals surface area contributed by atoms with E-state index in [1.165, 1.54) is 25.2 Å². The van der Waals surface area contributed by atoms with Gasteiger partial charge >= 0.3 is 0 Å². The molecule has 2 aliphatic rings. The van der Waals surface area contributed by atoms with E-state index in [0.29, 0.717) is 29.5 Å². The zero-order valence-corrected chi connectivity index (χ0v) is 17.5. The van der Waals surface area contributed by atoms with Gasteiger partial charge in [-0.1, -0.05) is 12.1 Å². The number of rotatable bonds is 3. The monoisotopic (exact) mass is 415 g/mol. The van der Waals surface area contributed by atoms with Crippen LogP contribution in [0.2, 0.25) is 0 Å². The number of anilines is 1. The average molecular weight is 415 g/mol. The van der Waals surface area contributed by atoms with Crippen LogP contribution >= 0.6 is 0 Å². The zero-order valence-electron chi connectivity index (χ0n) is 17.5. The quantitative estimate of drug-likeness (QED) is 0.507. The first-order valence-electron chi connectivity index (χ1n) is 10.7. The van der Waals surface area contributed by atoms with Crippen LogP contribution in [0.1, 0.15) is 47.4 Å². The molecule has 0 saturated heterocycles. The van der Waals surface area contributed by atoms with Crippen LogP contribution in [0.4, 0.5) is 10.2 Å². The fourth-order valence-corrected chi connectivity index (χ4v) is 4.44. The molecule has 3 aromatic heterocycles. The van der Waals surface area contributed by atoms with Gasteiger partial charge in [-0.15, -0.1) is 0 Å². The van der Waals surface area contributed by atoms with Gasteiger partial charge < -0.3 is 4.90 Å². The third-order valence-electron chi connectivity index (χ3n) is 6.23. The van der Waals surface area contributed by atoms with Crippen molar-refractivity contribution in [2.24, 2.45) is 0 Å². The third-order valence-corrected chi connectivity index (χ3v) is 6.23. The maximum absolute atomic E-state index is 14.6. The maximum atomic E-state index is 14.6. The molecule has 0 spiro atoms. The summed E-state index contributed by atoms with van der Waals surface area (Å²) in [4.78, 5) is 21.1. The number of hydrogen-bond donors (Lipinski definition) is 0. The summed E-state index contributed by atoms with van der Waals surface area (Å²) in [5.74, 6) is 2.69. The molecule has 8 heteroatoms. The van der Waals surface area contributed by atoms with E-state index in [4.69, 9.17) is 9.97 Å². The van der Waals surface area contributed by atoms with Gasteiger partial charge in [-0.2, -0.15) is 5.10 Å². The third kappa shape index (κ3) is 2.97. The smallest absolute Gasteiger partial charge is 0.159 e. The number of aryl methyl sites for hydroxylation is 2. The summed E-state index contributed by atoms with van der Waals surface area (Å²) in [6, 6.07) is 6.70. The highest BCUT2D eigenvalue weighted by atomic mass is 19.1. The molecule has 4 aromatic rings. The van der Waals surface area contributed by atoms with Crippen LogP contribution in [-0.4, -0.2) is 36.1 Å². The summed E-state index contributed by atoms with van der Waals surface area (Å²) in [6.07, 6.45) is 4.76. The molecule has 6 rings (SSSR count). The Morgan fingerprint density at radius 2 is 1.90 bits per heavy atom. The average Bonchev–Trinajstić information content (AvgIpc) is 3.58. The van der Waals surface area contributed by atoms with E-state index in [1.807, 2.05) is 13.0 Å². The fourth-order valence-electron chi connectivity index (χ4n) is 4.44. The topological polar surface area (TPSA) is 72.1 Å². The Bertz CT molecular complexity index is 1330. The van der Waals surface area contributed by atoms with Crippen LogP contribution in [-0.2, 0) is 13.0 Å². The van der Waals surface area contributed by atoms with Crippen LogP contribution in [0.3, 0.4) is 0 Å². The summed E-state index contributed by atoms with van der Waals surface area (Å²) < 4.78 is 16.4. The van der Waals surface area contributed by atoms with Crippen LogP contribution in [0, 0.1) is 19.7 Å². The van der Waals surface area contributed by atoms with Crippen molar-refractivity contribution in [3.05, 3.63) is 65.0 Å². The lowest BCUT2D eigenvalue weighted by atomic mass is 10.0. The van der Waals surface area contributed by atoms with Gasteiger partial charge in [-0.3, -0.25) is 0 Å². The number of aromatic nitrogens is 6. The van der Waals surface area contributed by atoms with Crippen molar-refractivity contribution in [1.29, 1.82) is 0 Å². The van der Waals surface area contributed by atoms with E-state index in [-0.39, 0.29) is 5.82 Å². The molecular weight excluding hydrogens is 393 g/mol. The Balaban J connectivity index is 1.46. The van der Waals surface area contributed by atoms with Gasteiger partial charge in [0.15, 0.2) is 5.82 Å². The van der Waals surface area contributed by atoms with E-state index in [9.17, 15) is 4.39 Å². The second kappa shape index (κ2) is 6.80. The van der Waals surface area contributed by atoms with Gasteiger partial charge in [0, 0.05) is 42.2 Å². The molecule has 0 atom stereocenters. The molecule has 1 fully saturated rings. The van der Waals surface area contributed by atoms with Crippen LogP contribution in [0.25, 0.3) is 16.8 Å². The van der Waals surface area contributed by atoms with Gasteiger partial charge in [0.05, 0.1) is 5.69 Å². The highest BCUT2D eigenvalue weighted by Gasteiger charge is 2.30. The number of fused-ring (bicyclic) bond motifs is 2. The summed E-state index contributed by atoms with van der Waals surface area (Å²) in [5, 5.41) is 4.38. The molecule has 31 heavy (non-hydrogen) atoms. The lowest BCUT2D eigenvalue weighted by Crippen LogP contribution is -2.33. The molecule has 4 heterocycles. The molecule has 1 aromatic carbocycles. The molecule has 1 saturated carbocycles. The second-order valence-corrected chi connectivity index (χ2v) is 8.37. The first-order chi connectivity index (χ1) is 15.1. The van der Waals surface area contributed by atoms with E-state index in [1.54, 1.807) is 16.6 Å². The minimum atomic E-state index is -0.307. The normalized spacial score (nSPS) is 16.0. The van der Waals surface area contributed by atoms with Crippen molar-refractivity contribution in [2.45, 2.75) is 45.6 Å². The molecular formula is C23H22FN7. The van der Waals surface area contributed by atoms with Gasteiger partial charge in [0.1, 0.15) is 35.0 Å². The van der Waals surface area contributed by atoms with Crippen LogP contribution in [0.15, 0.2) is 30.6 Å². The molecule has 0 amide bonds. The molecule has 7 nitrogen and oxygen atoms in total. The largest absolute Gasteiger partial charge is 0.350 e. The number of halogens is 1. The summed E-state index contributed by atoms with van der Waals surface area (Å²) in [5.41, 5.74) is 5.09. The van der Waals surface area contributed by atoms with Gasteiger partial charge in [-0.25, -0.2) is 28.8 Å². The molecule has 0 unspecified atom stereocenters. The van der Waals surface area contributed by atoms with Gasteiger partial charge in [0.25, 0.3) is 0 Å². The van der Waals surface area contributed by atoms with Gasteiger partial charge in [0.2, 0.25) is 0 Å². The lowest BCUT2D eigenvalue weighted by Gasteiger charge is -2.30. The number of hydrogen-bond acceptors (Lipinski definition) is 6. The van der Waals surface area contributed by atoms with Crippen molar-refractivity contribution < 1.29 is 4.39 Å². The lowest BCUT2D eigenvalue weighted by molar-refractivity contribution is 0.631. The van der Waals surface area contributed by atoms with Crippen molar-refractivity contribution in [3.8, 4) is 11.3 Å². The highest BCUT2D eigenvalue weighted by molar-refractivity contribution is 5.86. The molecule has 1 aliphatic heterocycles. The Morgan fingerprint density at radius 1 is 1.06 bits per heavy atom. The summed E-state index contributed by atoms with van der Waals surface area (Å²) in [6.45, 7) is 5.39. The molecule has 0 N–H and O–H groups in total. The number of nitrogens with zero attached hydrogens (tertiary/aromatic N) is 7. The van der Waals surface area contributed by atoms with Gasteiger partial charge in [-0.05, 0) is 38.8 Å².